The lowest BCUT2D eigenvalue weighted by atomic mass is 9.83. The van der Waals surface area contributed by atoms with Crippen molar-refractivity contribution in [1.82, 2.24) is 9.47 Å². The Labute approximate surface area is 255 Å². The van der Waals surface area contributed by atoms with Gasteiger partial charge in [-0.05, 0) is 73.0 Å². The molecule has 44 heavy (non-hydrogen) atoms. The SMILES string of the molecule is O=C(Nc1cc(C(=O)N2CCN(c3ccccc3)CC2)ccc1N1C[C@H]2C[C@@H](C1)c1cccc(=O)n1C2)c1ccc(F)cc1. The number of piperidine rings is 1. The number of carbonyl (C=O) groups is 2. The van der Waals surface area contributed by atoms with E-state index in [0.717, 1.165) is 43.1 Å². The number of pyridine rings is 1. The van der Waals surface area contributed by atoms with Gasteiger partial charge in [-0.2, -0.15) is 0 Å². The van der Waals surface area contributed by atoms with Gasteiger partial charge in [0.15, 0.2) is 0 Å². The van der Waals surface area contributed by atoms with Crippen molar-refractivity contribution in [3.63, 3.8) is 0 Å². The number of fused-ring (bicyclic) bond motifs is 4. The molecular weight excluding hydrogens is 557 g/mol. The molecule has 2 fully saturated rings. The highest BCUT2D eigenvalue weighted by atomic mass is 19.1. The first-order valence-corrected chi connectivity index (χ1v) is 15.2. The normalized spacial score (nSPS) is 19.3. The summed E-state index contributed by atoms with van der Waals surface area (Å²) in [6, 6.07) is 26.6. The summed E-state index contributed by atoms with van der Waals surface area (Å²) in [6.07, 6.45) is 1.00. The fourth-order valence-corrected chi connectivity index (χ4v) is 6.92. The first kappa shape index (κ1) is 27.9. The summed E-state index contributed by atoms with van der Waals surface area (Å²) in [6.45, 7) is 4.75. The van der Waals surface area contributed by atoms with Gasteiger partial charge in [-0.15, -0.1) is 0 Å². The lowest BCUT2D eigenvalue weighted by Gasteiger charge is -2.44. The van der Waals surface area contributed by atoms with Crippen molar-refractivity contribution in [3.05, 3.63) is 124 Å². The van der Waals surface area contributed by atoms with Crippen LogP contribution in [0.3, 0.4) is 0 Å². The number of nitrogens with zero attached hydrogens (tertiary/aromatic N) is 4. The molecule has 7 rings (SSSR count). The van der Waals surface area contributed by atoms with Gasteiger partial charge in [-0.25, -0.2) is 4.39 Å². The fraction of sp³-hybridized carbons (Fsp3) is 0.286. The Kier molecular flexibility index (Phi) is 7.37. The average Bonchev–Trinajstić information content (AvgIpc) is 3.05. The molecule has 1 aromatic heterocycles. The van der Waals surface area contributed by atoms with Crippen LogP contribution >= 0.6 is 0 Å². The molecule has 3 aliphatic rings. The quantitative estimate of drug-likeness (QED) is 0.360. The molecule has 0 saturated carbocycles. The van der Waals surface area contributed by atoms with Gasteiger partial charge >= 0.3 is 0 Å². The number of benzene rings is 3. The Bertz CT molecular complexity index is 1750. The first-order valence-electron chi connectivity index (χ1n) is 15.2. The van der Waals surface area contributed by atoms with Crippen LogP contribution in [-0.4, -0.2) is 60.5 Å². The minimum atomic E-state index is -0.415. The van der Waals surface area contributed by atoms with Gasteiger partial charge < -0.3 is 24.6 Å². The van der Waals surface area contributed by atoms with Gasteiger partial charge in [-0.3, -0.25) is 14.4 Å². The van der Waals surface area contributed by atoms with E-state index in [0.29, 0.717) is 43.0 Å². The van der Waals surface area contributed by atoms with Crippen LogP contribution in [-0.2, 0) is 6.54 Å². The van der Waals surface area contributed by atoms with Gasteiger partial charge in [0.25, 0.3) is 17.4 Å². The monoisotopic (exact) mass is 591 g/mol. The zero-order valence-corrected chi connectivity index (χ0v) is 24.4. The molecule has 4 heterocycles. The van der Waals surface area contributed by atoms with Crippen LogP contribution in [0.2, 0.25) is 0 Å². The Morgan fingerprint density at radius 1 is 0.750 bits per heavy atom. The summed E-state index contributed by atoms with van der Waals surface area (Å²) < 4.78 is 15.5. The van der Waals surface area contributed by atoms with Gasteiger partial charge in [0.05, 0.1) is 11.4 Å². The molecule has 8 nitrogen and oxygen atoms in total. The number of carbonyl (C=O) groups excluding carboxylic acids is 2. The lowest BCUT2D eigenvalue weighted by Crippen LogP contribution is -2.49. The molecule has 2 saturated heterocycles. The summed E-state index contributed by atoms with van der Waals surface area (Å²) >= 11 is 0. The van der Waals surface area contributed by atoms with E-state index in [-0.39, 0.29) is 29.2 Å². The molecular formula is C35H34FN5O3. The summed E-state index contributed by atoms with van der Waals surface area (Å²) in [5, 5.41) is 3.03. The van der Waals surface area contributed by atoms with Gasteiger partial charge in [0.2, 0.25) is 0 Å². The van der Waals surface area contributed by atoms with Gasteiger partial charge in [0.1, 0.15) is 5.82 Å². The smallest absolute Gasteiger partial charge is 0.255 e. The van der Waals surface area contributed by atoms with Crippen molar-refractivity contribution in [1.29, 1.82) is 0 Å². The molecule has 224 valence electrons. The van der Waals surface area contributed by atoms with E-state index in [9.17, 15) is 18.8 Å². The molecule has 3 aromatic carbocycles. The minimum absolute atomic E-state index is 0.0327. The maximum Gasteiger partial charge on any atom is 0.255 e. The van der Waals surface area contributed by atoms with E-state index in [4.69, 9.17) is 0 Å². The molecule has 0 spiro atoms. The van der Waals surface area contributed by atoms with Crippen molar-refractivity contribution >= 4 is 28.9 Å². The van der Waals surface area contributed by atoms with Crippen molar-refractivity contribution < 1.29 is 14.0 Å². The van der Waals surface area contributed by atoms with Crippen LogP contribution in [0, 0.1) is 11.7 Å². The zero-order valence-electron chi connectivity index (χ0n) is 24.4. The zero-order chi connectivity index (χ0) is 30.2. The van der Waals surface area contributed by atoms with E-state index < -0.39 is 5.82 Å². The first-order chi connectivity index (χ1) is 21.4. The second-order valence-electron chi connectivity index (χ2n) is 11.9. The summed E-state index contributed by atoms with van der Waals surface area (Å²) in [5.74, 6) is -0.406. The van der Waals surface area contributed by atoms with Crippen molar-refractivity contribution in [2.45, 2.75) is 18.9 Å². The molecule has 4 aromatic rings. The lowest BCUT2D eigenvalue weighted by molar-refractivity contribution is 0.0746. The summed E-state index contributed by atoms with van der Waals surface area (Å²) in [5.41, 5.74) is 4.42. The highest BCUT2D eigenvalue weighted by molar-refractivity contribution is 6.07. The number of amides is 2. The molecule has 2 bridgehead atoms. The maximum absolute atomic E-state index is 13.7. The van der Waals surface area contributed by atoms with Crippen molar-refractivity contribution in [3.8, 4) is 0 Å². The fourth-order valence-electron chi connectivity index (χ4n) is 6.92. The number of rotatable bonds is 5. The number of halogens is 1. The maximum atomic E-state index is 13.7. The summed E-state index contributed by atoms with van der Waals surface area (Å²) in [4.78, 5) is 46.0. The summed E-state index contributed by atoms with van der Waals surface area (Å²) in [7, 11) is 0. The number of para-hydroxylation sites is 1. The third kappa shape index (κ3) is 5.45. The predicted octanol–water partition coefficient (Wildman–Crippen LogP) is 4.83. The van der Waals surface area contributed by atoms with Crippen molar-refractivity contribution in [2.75, 3.05) is 54.4 Å². The van der Waals surface area contributed by atoms with Crippen LogP contribution < -0.4 is 20.7 Å². The molecule has 0 aliphatic carbocycles. The van der Waals surface area contributed by atoms with Crippen LogP contribution in [0.4, 0.5) is 21.5 Å². The Balaban J connectivity index is 1.16. The number of hydrogen-bond donors (Lipinski definition) is 1. The third-order valence-corrected chi connectivity index (χ3v) is 9.11. The van der Waals surface area contributed by atoms with Crippen LogP contribution in [0.5, 0.6) is 0 Å². The Morgan fingerprint density at radius 2 is 1.50 bits per heavy atom. The molecule has 9 heteroatoms. The van der Waals surface area contributed by atoms with E-state index in [1.54, 1.807) is 12.1 Å². The number of piperazine rings is 1. The standard InChI is InChI=1S/C35H34FN5O3/c36-28-12-9-25(10-13-28)34(43)37-30-20-26(35(44)39-17-15-38(16-18-39)29-5-2-1-3-6-29)11-14-32(30)40-21-24-19-27(23-40)31-7-4-8-33(42)41(31)22-24/h1-14,20,24,27H,15-19,21-23H2,(H,37,43)/t24-,27+/m1/s1. The molecule has 2 amide bonds. The van der Waals surface area contributed by atoms with Gasteiger partial charge in [0, 0.05) is 80.3 Å². The number of anilines is 3. The largest absolute Gasteiger partial charge is 0.369 e. The van der Waals surface area contributed by atoms with E-state index in [2.05, 4.69) is 27.2 Å². The molecule has 1 N–H and O–H groups in total. The molecule has 0 unspecified atom stereocenters. The predicted molar refractivity (Wildman–Crippen MR) is 169 cm³/mol. The molecule has 0 radical (unpaired) electrons. The van der Waals surface area contributed by atoms with Gasteiger partial charge in [-0.1, -0.05) is 24.3 Å². The minimum Gasteiger partial charge on any atom is -0.369 e. The average molecular weight is 592 g/mol. The third-order valence-electron chi connectivity index (χ3n) is 9.11. The van der Waals surface area contributed by atoms with Crippen LogP contribution in [0.25, 0.3) is 0 Å². The second-order valence-corrected chi connectivity index (χ2v) is 11.9. The number of nitrogens with one attached hydrogen (secondary N) is 1. The van der Waals surface area contributed by atoms with E-state index >= 15 is 0 Å². The second kappa shape index (κ2) is 11.6. The topological polar surface area (TPSA) is 77.9 Å². The Hall–Kier alpha value is -4.92. The highest BCUT2D eigenvalue weighted by Crippen LogP contribution is 2.39. The number of aromatic nitrogens is 1. The van der Waals surface area contributed by atoms with Crippen molar-refractivity contribution in [2.24, 2.45) is 5.92 Å². The van der Waals surface area contributed by atoms with Crippen LogP contribution in [0.15, 0.2) is 95.8 Å². The molecule has 3 aliphatic heterocycles. The molecule has 2 atom stereocenters. The highest BCUT2D eigenvalue weighted by Gasteiger charge is 2.35. The number of hydrogen-bond acceptors (Lipinski definition) is 5. The van der Waals surface area contributed by atoms with E-state index in [1.807, 2.05) is 51.9 Å². The van der Waals surface area contributed by atoms with Crippen LogP contribution in [0.1, 0.15) is 38.7 Å². The Morgan fingerprint density at radius 3 is 2.27 bits per heavy atom. The van der Waals surface area contributed by atoms with E-state index in [1.165, 1.54) is 24.3 Å².